The molecule has 0 spiro atoms. The summed E-state index contributed by atoms with van der Waals surface area (Å²) in [5.41, 5.74) is 8.54. The number of ether oxygens (including phenoxy) is 1. The third-order valence-corrected chi connectivity index (χ3v) is 4.79. The Kier molecular flexibility index (Phi) is 5.16. The van der Waals surface area contributed by atoms with Gasteiger partial charge in [-0.25, -0.2) is 0 Å². The number of carbonyl (C=O) groups excluding carboxylic acids is 2. The Morgan fingerprint density at radius 3 is 2.38 bits per heavy atom. The molecule has 29 heavy (non-hydrogen) atoms. The maximum absolute atomic E-state index is 13.3. The van der Waals surface area contributed by atoms with Crippen molar-refractivity contribution in [3.63, 3.8) is 0 Å². The molecule has 3 aromatic rings. The van der Waals surface area contributed by atoms with Gasteiger partial charge in [-0.15, -0.1) is 0 Å². The Hall–Kier alpha value is -3.80. The van der Waals surface area contributed by atoms with Gasteiger partial charge in [0.15, 0.2) is 6.61 Å². The van der Waals surface area contributed by atoms with Gasteiger partial charge in [0, 0.05) is 12.2 Å². The molecule has 1 unspecified atom stereocenters. The molecule has 6 nitrogen and oxygen atoms in total. The first-order chi connectivity index (χ1) is 14.1. The lowest BCUT2D eigenvalue weighted by molar-refractivity contribution is -0.119. The third-order valence-electron chi connectivity index (χ3n) is 4.79. The quantitative estimate of drug-likeness (QED) is 0.680. The zero-order valence-electron chi connectivity index (χ0n) is 15.7. The molecule has 0 aliphatic carbocycles. The van der Waals surface area contributed by atoms with Crippen molar-refractivity contribution in [2.45, 2.75) is 12.7 Å². The Labute approximate surface area is 168 Å². The maximum atomic E-state index is 13.3. The number of carbonyl (C=O) groups is 2. The van der Waals surface area contributed by atoms with Crippen molar-refractivity contribution in [2.75, 3.05) is 11.9 Å². The van der Waals surface area contributed by atoms with Gasteiger partial charge in [-0.2, -0.15) is 0 Å². The van der Waals surface area contributed by atoms with Crippen molar-refractivity contribution < 1.29 is 14.3 Å². The van der Waals surface area contributed by atoms with E-state index in [0.717, 1.165) is 16.8 Å². The summed E-state index contributed by atoms with van der Waals surface area (Å²) in [6, 6.07) is 24.7. The van der Waals surface area contributed by atoms with E-state index in [1.54, 1.807) is 12.1 Å². The van der Waals surface area contributed by atoms with Crippen molar-refractivity contribution in [1.82, 2.24) is 4.90 Å². The van der Waals surface area contributed by atoms with Gasteiger partial charge in [-0.1, -0.05) is 54.6 Å². The van der Waals surface area contributed by atoms with E-state index in [0.29, 0.717) is 17.9 Å². The van der Waals surface area contributed by atoms with E-state index in [1.165, 1.54) is 0 Å². The van der Waals surface area contributed by atoms with Gasteiger partial charge in [0.05, 0.1) is 5.56 Å². The molecule has 1 aliphatic heterocycles. The molecule has 0 saturated heterocycles. The van der Waals surface area contributed by atoms with Crippen molar-refractivity contribution in [1.29, 1.82) is 0 Å². The third kappa shape index (κ3) is 4.06. The van der Waals surface area contributed by atoms with E-state index >= 15 is 0 Å². The molecule has 3 N–H and O–H groups in total. The van der Waals surface area contributed by atoms with E-state index in [9.17, 15) is 9.59 Å². The van der Waals surface area contributed by atoms with Crippen LogP contribution in [0.15, 0.2) is 78.9 Å². The van der Waals surface area contributed by atoms with Crippen LogP contribution in [0.4, 0.5) is 5.69 Å². The fourth-order valence-corrected chi connectivity index (χ4v) is 3.40. The predicted molar refractivity (Wildman–Crippen MR) is 110 cm³/mol. The first-order valence-electron chi connectivity index (χ1n) is 9.33. The van der Waals surface area contributed by atoms with Crippen molar-refractivity contribution in [2.24, 2.45) is 5.73 Å². The summed E-state index contributed by atoms with van der Waals surface area (Å²) in [6.07, 6.45) is -0.331. The molecule has 146 valence electrons. The van der Waals surface area contributed by atoms with Crippen LogP contribution < -0.4 is 15.8 Å². The highest BCUT2D eigenvalue weighted by Crippen LogP contribution is 2.34. The fourth-order valence-electron chi connectivity index (χ4n) is 3.40. The minimum absolute atomic E-state index is 0.0257. The average Bonchev–Trinajstić information content (AvgIpc) is 2.75. The maximum Gasteiger partial charge on any atom is 0.258 e. The Bertz CT molecular complexity index is 1020. The second kappa shape index (κ2) is 8.06. The smallest absolute Gasteiger partial charge is 0.258 e. The van der Waals surface area contributed by atoms with Crippen LogP contribution in [-0.4, -0.2) is 23.3 Å². The van der Waals surface area contributed by atoms with Gasteiger partial charge >= 0.3 is 0 Å². The summed E-state index contributed by atoms with van der Waals surface area (Å²) < 4.78 is 5.33. The molecule has 0 radical (unpaired) electrons. The van der Waals surface area contributed by atoms with Crippen LogP contribution in [0.25, 0.3) is 0 Å². The summed E-state index contributed by atoms with van der Waals surface area (Å²) in [4.78, 5) is 26.0. The zero-order chi connectivity index (χ0) is 20.2. The number of amides is 2. The summed E-state index contributed by atoms with van der Waals surface area (Å²) in [6.45, 7) is 0.304. The summed E-state index contributed by atoms with van der Waals surface area (Å²) in [5, 5.41) is 3.47. The van der Waals surface area contributed by atoms with Crippen LogP contribution >= 0.6 is 0 Å². The molecular formula is C23H21N3O3. The largest absolute Gasteiger partial charge is 0.484 e. The highest BCUT2D eigenvalue weighted by Gasteiger charge is 2.32. The topological polar surface area (TPSA) is 84.7 Å². The number of nitrogens with two attached hydrogens (primary N) is 1. The van der Waals surface area contributed by atoms with Gasteiger partial charge in [0.1, 0.15) is 11.9 Å². The van der Waals surface area contributed by atoms with Crippen LogP contribution in [0, 0.1) is 0 Å². The number of primary amides is 1. The standard InChI is InChI=1S/C23H21N3O3/c24-21(27)15-29-18-12-10-17(11-13-18)22-25-20-9-5-4-8-19(20)23(28)26(22)14-16-6-2-1-3-7-16/h1-13,22,25H,14-15H2,(H2,24,27). The van der Waals surface area contributed by atoms with Crippen molar-refractivity contribution in [3.8, 4) is 5.75 Å². The normalized spacial score (nSPS) is 15.4. The van der Waals surface area contributed by atoms with Gasteiger partial charge in [-0.3, -0.25) is 9.59 Å². The molecule has 0 aromatic heterocycles. The van der Waals surface area contributed by atoms with E-state index in [1.807, 2.05) is 71.6 Å². The van der Waals surface area contributed by atoms with E-state index in [4.69, 9.17) is 10.5 Å². The monoisotopic (exact) mass is 387 g/mol. The molecule has 3 aromatic carbocycles. The van der Waals surface area contributed by atoms with Gasteiger partial charge in [0.25, 0.3) is 11.8 Å². The predicted octanol–water partition coefficient (Wildman–Crippen LogP) is 3.32. The molecule has 0 saturated carbocycles. The average molecular weight is 387 g/mol. The minimum Gasteiger partial charge on any atom is -0.484 e. The molecular weight excluding hydrogens is 366 g/mol. The number of para-hydroxylation sites is 1. The number of anilines is 1. The van der Waals surface area contributed by atoms with E-state index in [2.05, 4.69) is 5.32 Å². The Morgan fingerprint density at radius 1 is 0.966 bits per heavy atom. The lowest BCUT2D eigenvalue weighted by atomic mass is 10.0. The number of hydrogen-bond donors (Lipinski definition) is 2. The molecule has 1 atom stereocenters. The highest BCUT2D eigenvalue weighted by molar-refractivity contribution is 6.01. The first kappa shape index (κ1) is 18.6. The zero-order valence-corrected chi connectivity index (χ0v) is 15.7. The molecule has 0 fully saturated rings. The lowest BCUT2D eigenvalue weighted by Crippen LogP contribution is -2.42. The number of benzene rings is 3. The van der Waals surface area contributed by atoms with E-state index < -0.39 is 5.91 Å². The Balaban J connectivity index is 1.65. The van der Waals surface area contributed by atoms with Crippen molar-refractivity contribution in [3.05, 3.63) is 95.6 Å². The molecule has 1 aliphatic rings. The SMILES string of the molecule is NC(=O)COc1ccc(C2Nc3ccccc3C(=O)N2Cc2ccccc2)cc1. The number of rotatable bonds is 6. The van der Waals surface area contributed by atoms with Gasteiger partial charge < -0.3 is 20.7 Å². The summed E-state index contributed by atoms with van der Waals surface area (Å²) >= 11 is 0. The minimum atomic E-state index is -0.528. The fraction of sp³-hybridized carbons (Fsp3) is 0.130. The van der Waals surface area contributed by atoms with Gasteiger partial charge in [0.2, 0.25) is 0 Å². The van der Waals surface area contributed by atoms with Crippen LogP contribution in [0.2, 0.25) is 0 Å². The lowest BCUT2D eigenvalue weighted by Gasteiger charge is -2.38. The van der Waals surface area contributed by atoms with Crippen molar-refractivity contribution >= 4 is 17.5 Å². The number of nitrogens with one attached hydrogen (secondary N) is 1. The number of fused-ring (bicyclic) bond motifs is 1. The highest BCUT2D eigenvalue weighted by atomic mass is 16.5. The first-order valence-corrected chi connectivity index (χ1v) is 9.33. The summed E-state index contributed by atoms with van der Waals surface area (Å²) in [5.74, 6) is -0.00813. The second-order valence-corrected chi connectivity index (χ2v) is 6.84. The molecule has 1 heterocycles. The molecule has 2 amide bonds. The Morgan fingerprint density at radius 2 is 1.66 bits per heavy atom. The number of hydrogen-bond acceptors (Lipinski definition) is 4. The van der Waals surface area contributed by atoms with Gasteiger partial charge in [-0.05, 0) is 35.4 Å². The molecule has 0 bridgehead atoms. The van der Waals surface area contributed by atoms with Crippen LogP contribution in [0.5, 0.6) is 5.75 Å². The number of nitrogens with zero attached hydrogens (tertiary/aromatic N) is 1. The van der Waals surface area contributed by atoms with Crippen LogP contribution in [0.3, 0.4) is 0 Å². The van der Waals surface area contributed by atoms with E-state index in [-0.39, 0.29) is 18.7 Å². The summed E-state index contributed by atoms with van der Waals surface area (Å²) in [7, 11) is 0. The van der Waals surface area contributed by atoms with Crippen LogP contribution in [0.1, 0.15) is 27.7 Å². The molecule has 6 heteroatoms. The molecule has 4 rings (SSSR count). The van der Waals surface area contributed by atoms with Crippen LogP contribution in [-0.2, 0) is 11.3 Å². The second-order valence-electron chi connectivity index (χ2n) is 6.84.